The molecule has 0 unspecified atom stereocenters. The lowest BCUT2D eigenvalue weighted by Gasteiger charge is -2.17. The van der Waals surface area contributed by atoms with Crippen LogP contribution >= 0.6 is 11.3 Å². The zero-order valence-electron chi connectivity index (χ0n) is 17.3. The zero-order valence-corrected chi connectivity index (χ0v) is 18.9. The number of hydrogen-bond acceptors (Lipinski definition) is 8. The van der Waals surface area contributed by atoms with Crippen LogP contribution in [0.4, 0.5) is 27.1 Å². The van der Waals surface area contributed by atoms with Crippen LogP contribution in [0.15, 0.2) is 15.8 Å². The summed E-state index contributed by atoms with van der Waals surface area (Å²) in [5.41, 5.74) is -1.15. The van der Waals surface area contributed by atoms with E-state index in [0.29, 0.717) is 4.90 Å². The Bertz CT molecular complexity index is 1420. The van der Waals surface area contributed by atoms with E-state index in [1.165, 1.54) is 21.0 Å². The van der Waals surface area contributed by atoms with Crippen LogP contribution in [-0.4, -0.2) is 57.6 Å². The molecule has 0 fully saturated rings. The second kappa shape index (κ2) is 7.82. The number of alkyl halides is 5. The second-order valence-electron chi connectivity index (χ2n) is 6.81. The van der Waals surface area contributed by atoms with E-state index in [2.05, 4.69) is 15.2 Å². The Morgan fingerprint density at radius 3 is 2.30 bits per heavy atom. The third-order valence-electron chi connectivity index (χ3n) is 4.75. The number of carbonyl (C=O) groups is 1. The summed E-state index contributed by atoms with van der Waals surface area (Å²) in [6, 6.07) is 1.08. The Morgan fingerprint density at radius 1 is 1.15 bits per heavy atom. The molecular weight excluding hydrogens is 499 g/mol. The highest BCUT2D eigenvalue weighted by molar-refractivity contribution is 7.91. The molecule has 0 bridgehead atoms. The third kappa shape index (κ3) is 3.88. The average molecular weight is 514 g/mol. The summed E-state index contributed by atoms with van der Waals surface area (Å²) in [4.78, 5) is 29.3. The van der Waals surface area contributed by atoms with Crippen LogP contribution in [0.1, 0.15) is 22.4 Å². The van der Waals surface area contributed by atoms with E-state index >= 15 is 0 Å². The minimum absolute atomic E-state index is 0.0455. The molecule has 0 atom stereocenters. The molecule has 0 saturated carbocycles. The number of amides is 1. The zero-order chi connectivity index (χ0) is 25.1. The Hall–Kier alpha value is -2.95. The van der Waals surface area contributed by atoms with Gasteiger partial charge in [0.15, 0.2) is 20.5 Å². The Balaban J connectivity index is 2.17. The molecule has 3 rings (SSSR count). The van der Waals surface area contributed by atoms with E-state index < -0.39 is 60.0 Å². The fourth-order valence-corrected chi connectivity index (χ4v) is 4.61. The number of imidazole rings is 1. The summed E-state index contributed by atoms with van der Waals surface area (Å²) in [7, 11) is -0.392. The van der Waals surface area contributed by atoms with Gasteiger partial charge >= 0.3 is 17.8 Å². The molecule has 0 aliphatic carbocycles. The lowest BCUT2D eigenvalue weighted by Crippen LogP contribution is -2.33. The first-order chi connectivity index (χ1) is 15.0. The SMILES string of the molecule is CCS(=O)(=O)c1cc2c(nc1C(=O)N(C)c1nnc(C(F)(F)C(F)(F)F)s1)n(C)c(=O)n2C. The second-order valence-corrected chi connectivity index (χ2v) is 10.0. The molecule has 0 spiro atoms. The van der Waals surface area contributed by atoms with Crippen molar-refractivity contribution in [2.24, 2.45) is 14.1 Å². The van der Waals surface area contributed by atoms with E-state index in [9.17, 15) is 40.0 Å². The summed E-state index contributed by atoms with van der Waals surface area (Å²) in [5, 5.41) is 3.70. The van der Waals surface area contributed by atoms with E-state index in [-0.39, 0.29) is 22.5 Å². The molecule has 0 N–H and O–H groups in total. The molecular formula is C16H15F5N6O4S2. The summed E-state index contributed by atoms with van der Waals surface area (Å²) in [6.45, 7) is 1.30. The van der Waals surface area contributed by atoms with E-state index in [0.717, 1.165) is 22.2 Å². The third-order valence-corrected chi connectivity index (χ3v) is 7.56. The maximum atomic E-state index is 13.5. The maximum absolute atomic E-state index is 13.5. The standard InChI is InChI=1S/C16H15F5N6O4S2/c1-5-33(30,31)8-6-7-10(26(3)14(29)25(7)2)22-9(8)11(28)27(4)13-24-23-12(32-13)15(17,18)16(19,20)21/h6H,5H2,1-4H3. The molecule has 1 amide bonds. The van der Waals surface area contributed by atoms with Crippen molar-refractivity contribution in [1.82, 2.24) is 24.3 Å². The van der Waals surface area contributed by atoms with Crippen molar-refractivity contribution < 1.29 is 35.2 Å². The number of rotatable bonds is 5. The number of halogens is 5. The average Bonchev–Trinajstić information content (AvgIpc) is 3.32. The van der Waals surface area contributed by atoms with Gasteiger partial charge in [0.05, 0.1) is 11.3 Å². The molecule has 0 aliphatic rings. The number of fused-ring (bicyclic) bond motifs is 1. The van der Waals surface area contributed by atoms with Crippen LogP contribution < -0.4 is 10.6 Å². The van der Waals surface area contributed by atoms with Crippen molar-refractivity contribution in [3.05, 3.63) is 27.3 Å². The van der Waals surface area contributed by atoms with Crippen molar-refractivity contribution in [1.29, 1.82) is 0 Å². The summed E-state index contributed by atoms with van der Waals surface area (Å²) >= 11 is -0.193. The van der Waals surface area contributed by atoms with Crippen molar-refractivity contribution in [3.8, 4) is 0 Å². The summed E-state index contributed by atoms with van der Waals surface area (Å²) < 4.78 is 92.3. The number of carbonyl (C=O) groups excluding carboxylic acids is 1. The van der Waals surface area contributed by atoms with Crippen LogP contribution in [0.2, 0.25) is 0 Å². The monoisotopic (exact) mass is 514 g/mol. The van der Waals surface area contributed by atoms with Crippen LogP contribution in [0.25, 0.3) is 11.2 Å². The minimum Gasteiger partial charge on any atom is -0.293 e. The summed E-state index contributed by atoms with van der Waals surface area (Å²) in [6.07, 6.45) is -5.93. The molecule has 3 heterocycles. The fourth-order valence-electron chi connectivity index (χ4n) is 2.78. The Morgan fingerprint density at radius 2 is 1.76 bits per heavy atom. The molecule has 0 radical (unpaired) electrons. The first kappa shape index (κ1) is 24.7. The van der Waals surface area contributed by atoms with Crippen molar-refractivity contribution in [2.45, 2.75) is 23.9 Å². The van der Waals surface area contributed by atoms with Gasteiger partial charge in [-0.3, -0.25) is 18.8 Å². The highest BCUT2D eigenvalue weighted by Gasteiger charge is 2.61. The molecule has 3 aromatic heterocycles. The van der Waals surface area contributed by atoms with Gasteiger partial charge in [-0.1, -0.05) is 18.3 Å². The topological polar surface area (TPSA) is 120 Å². The lowest BCUT2D eigenvalue weighted by atomic mass is 10.3. The van der Waals surface area contributed by atoms with Gasteiger partial charge in [0.1, 0.15) is 10.6 Å². The lowest BCUT2D eigenvalue weighted by molar-refractivity contribution is -0.289. The minimum atomic E-state index is -5.93. The number of pyridine rings is 1. The molecule has 10 nitrogen and oxygen atoms in total. The van der Waals surface area contributed by atoms with Gasteiger partial charge in [-0.15, -0.1) is 10.2 Å². The van der Waals surface area contributed by atoms with E-state index in [4.69, 9.17) is 0 Å². The highest BCUT2D eigenvalue weighted by atomic mass is 32.2. The first-order valence-electron chi connectivity index (χ1n) is 8.90. The predicted molar refractivity (Wildman–Crippen MR) is 106 cm³/mol. The number of anilines is 1. The normalized spacial score (nSPS) is 13.0. The van der Waals surface area contributed by atoms with Gasteiger partial charge in [0, 0.05) is 21.1 Å². The van der Waals surface area contributed by atoms with Crippen molar-refractivity contribution in [3.63, 3.8) is 0 Å². The molecule has 3 aromatic rings. The van der Waals surface area contributed by atoms with Crippen LogP contribution in [-0.2, 0) is 29.9 Å². The quantitative estimate of drug-likeness (QED) is 0.477. The molecule has 0 saturated heterocycles. The molecule has 0 aromatic carbocycles. The first-order valence-corrected chi connectivity index (χ1v) is 11.4. The number of aromatic nitrogens is 5. The smallest absolute Gasteiger partial charge is 0.293 e. The van der Waals surface area contributed by atoms with Gasteiger partial charge in [0.25, 0.3) is 5.91 Å². The van der Waals surface area contributed by atoms with Gasteiger partial charge < -0.3 is 0 Å². The number of aryl methyl sites for hydroxylation is 2. The Kier molecular flexibility index (Phi) is 5.85. The van der Waals surface area contributed by atoms with Crippen LogP contribution in [0.3, 0.4) is 0 Å². The van der Waals surface area contributed by atoms with E-state index in [1.54, 1.807) is 0 Å². The molecule has 0 aliphatic heterocycles. The fraction of sp³-hybridized carbons (Fsp3) is 0.438. The van der Waals surface area contributed by atoms with Crippen LogP contribution in [0.5, 0.6) is 0 Å². The van der Waals surface area contributed by atoms with E-state index in [1.807, 2.05) is 0 Å². The predicted octanol–water partition coefficient (Wildman–Crippen LogP) is 1.85. The maximum Gasteiger partial charge on any atom is 0.460 e. The van der Waals surface area contributed by atoms with Gasteiger partial charge in [0.2, 0.25) is 5.13 Å². The van der Waals surface area contributed by atoms with Crippen LogP contribution in [0, 0.1) is 0 Å². The van der Waals surface area contributed by atoms with Crippen molar-refractivity contribution >= 4 is 43.4 Å². The molecule has 180 valence electrons. The number of hydrogen-bond donors (Lipinski definition) is 0. The molecule has 17 heteroatoms. The largest absolute Gasteiger partial charge is 0.460 e. The Labute approximate surface area is 186 Å². The highest BCUT2D eigenvalue weighted by Crippen LogP contribution is 2.45. The van der Waals surface area contributed by atoms with Crippen molar-refractivity contribution in [2.75, 3.05) is 17.7 Å². The number of nitrogens with zero attached hydrogens (tertiary/aromatic N) is 6. The van der Waals surface area contributed by atoms with Gasteiger partial charge in [-0.05, 0) is 6.07 Å². The van der Waals surface area contributed by atoms with Gasteiger partial charge in [-0.2, -0.15) is 22.0 Å². The molecule has 33 heavy (non-hydrogen) atoms. The summed E-state index contributed by atoms with van der Waals surface area (Å²) in [5.74, 6) is -6.91. The van der Waals surface area contributed by atoms with Gasteiger partial charge in [-0.25, -0.2) is 18.2 Å². The number of sulfone groups is 1.